The Kier molecular flexibility index (Phi) is 8.12. The number of pyridine rings is 1. The van der Waals surface area contributed by atoms with Gasteiger partial charge in [0.25, 0.3) is 0 Å². The molecule has 12 heteroatoms. The second kappa shape index (κ2) is 12.0. The second-order valence-electron chi connectivity index (χ2n) is 11.1. The number of rotatable bonds is 8. The van der Waals surface area contributed by atoms with Gasteiger partial charge in [-0.25, -0.2) is 18.4 Å². The Balaban J connectivity index is 1.20. The zero-order chi connectivity index (χ0) is 31.1. The maximum absolute atomic E-state index is 14.0. The molecular weight excluding hydrogens is 634 g/mol. The van der Waals surface area contributed by atoms with E-state index in [0.717, 1.165) is 59.2 Å². The van der Waals surface area contributed by atoms with Crippen molar-refractivity contribution in [3.63, 3.8) is 0 Å². The number of anilines is 1. The largest absolute Gasteiger partial charge is 0.489 e. The number of ketones is 1. The highest BCUT2D eigenvalue weighted by atomic mass is 79.9. The number of halogens is 3. The van der Waals surface area contributed by atoms with Gasteiger partial charge in [0.15, 0.2) is 11.6 Å². The van der Waals surface area contributed by atoms with Crippen LogP contribution in [0.15, 0.2) is 59.3 Å². The molecule has 1 saturated heterocycles. The summed E-state index contributed by atoms with van der Waals surface area (Å²) in [4.78, 5) is 23.3. The molecule has 44 heavy (non-hydrogen) atoms. The van der Waals surface area contributed by atoms with Crippen LogP contribution >= 0.6 is 15.9 Å². The van der Waals surface area contributed by atoms with E-state index in [1.807, 2.05) is 12.1 Å². The Morgan fingerprint density at radius 1 is 1.11 bits per heavy atom. The molecule has 1 fully saturated rings. The predicted molar refractivity (Wildman–Crippen MR) is 167 cm³/mol. The number of ether oxygens (including phenoxy) is 2. The van der Waals surface area contributed by atoms with Gasteiger partial charge in [-0.2, -0.15) is 5.10 Å². The molecule has 2 aromatic carbocycles. The molecule has 0 atom stereocenters. The van der Waals surface area contributed by atoms with Gasteiger partial charge in [0.1, 0.15) is 17.7 Å². The first-order valence-electron chi connectivity index (χ1n) is 14.3. The van der Waals surface area contributed by atoms with Gasteiger partial charge in [-0.05, 0) is 85.4 Å². The third-order valence-electron chi connectivity index (χ3n) is 7.88. The number of H-pyrrole nitrogens is 1. The van der Waals surface area contributed by atoms with E-state index in [-0.39, 0.29) is 29.1 Å². The summed E-state index contributed by atoms with van der Waals surface area (Å²) in [5, 5.41) is 5.16. The number of likely N-dealkylation sites (tertiary alicyclic amines) is 1. The highest BCUT2D eigenvalue weighted by Gasteiger charge is 2.24. The van der Waals surface area contributed by atoms with Crippen LogP contribution in [-0.2, 0) is 0 Å². The smallest absolute Gasteiger partial charge is 0.219 e. The fourth-order valence-electron chi connectivity index (χ4n) is 5.39. The summed E-state index contributed by atoms with van der Waals surface area (Å²) in [5.74, 6) is -1.72. The average molecular weight is 666 g/mol. The summed E-state index contributed by atoms with van der Waals surface area (Å²) >= 11 is 3.62. The number of para-hydroxylation sites is 1. The molecule has 0 unspecified atom stereocenters. The zero-order valence-corrected chi connectivity index (χ0v) is 26.0. The maximum Gasteiger partial charge on any atom is 0.219 e. The minimum Gasteiger partial charge on any atom is -0.489 e. The minimum absolute atomic E-state index is 0.00844. The van der Waals surface area contributed by atoms with Crippen molar-refractivity contribution in [3.05, 3.63) is 87.8 Å². The quantitative estimate of drug-likeness (QED) is 0.173. The lowest BCUT2D eigenvalue weighted by Crippen LogP contribution is -2.41. The molecule has 4 heterocycles. The van der Waals surface area contributed by atoms with Crippen LogP contribution in [0.3, 0.4) is 0 Å². The average Bonchev–Trinajstić information content (AvgIpc) is 3.58. The Morgan fingerprint density at radius 2 is 1.84 bits per heavy atom. The molecule has 0 aliphatic carbocycles. The number of nitrogens with two attached hydrogens (primary N) is 1. The Morgan fingerprint density at radius 3 is 2.52 bits per heavy atom. The molecule has 5 aromatic rings. The van der Waals surface area contributed by atoms with E-state index in [4.69, 9.17) is 15.2 Å². The molecule has 3 aromatic heterocycles. The molecule has 6 rings (SSSR count). The van der Waals surface area contributed by atoms with Crippen LogP contribution in [-0.4, -0.2) is 55.7 Å². The highest BCUT2D eigenvalue weighted by molar-refractivity contribution is 9.10. The van der Waals surface area contributed by atoms with Gasteiger partial charge in [0.05, 0.1) is 33.8 Å². The van der Waals surface area contributed by atoms with E-state index < -0.39 is 17.4 Å². The van der Waals surface area contributed by atoms with Crippen LogP contribution < -0.4 is 15.2 Å². The lowest BCUT2D eigenvalue weighted by atomic mass is 10.1. The third kappa shape index (κ3) is 5.79. The van der Waals surface area contributed by atoms with Gasteiger partial charge >= 0.3 is 0 Å². The molecule has 1 aliphatic heterocycles. The number of piperidine rings is 1. The first kappa shape index (κ1) is 29.8. The van der Waals surface area contributed by atoms with Gasteiger partial charge in [-0.1, -0.05) is 6.07 Å². The molecule has 9 nitrogen and oxygen atoms in total. The Hall–Kier alpha value is -4.29. The summed E-state index contributed by atoms with van der Waals surface area (Å²) in [7, 11) is 0. The zero-order valence-electron chi connectivity index (χ0n) is 24.4. The van der Waals surface area contributed by atoms with Crippen molar-refractivity contribution in [1.82, 2.24) is 24.6 Å². The van der Waals surface area contributed by atoms with Crippen molar-refractivity contribution < 1.29 is 23.0 Å². The number of benzene rings is 2. The first-order chi connectivity index (χ1) is 21.1. The SMILES string of the molecule is Cc1cc(Oc2c(F)cccc2F)ncc1-n1ncc(C(=O)c2cc3cc(OC4CCN(C(C)C)CC4)c(Br)cc3[nH]2)c1N. The van der Waals surface area contributed by atoms with E-state index in [2.05, 4.69) is 49.7 Å². The number of nitrogens with one attached hydrogen (secondary N) is 1. The van der Waals surface area contributed by atoms with Crippen molar-refractivity contribution in [2.24, 2.45) is 0 Å². The molecule has 228 valence electrons. The van der Waals surface area contributed by atoms with Crippen molar-refractivity contribution in [2.75, 3.05) is 18.8 Å². The molecular formula is C32H31BrF2N6O3. The van der Waals surface area contributed by atoms with Crippen LogP contribution in [0, 0.1) is 18.6 Å². The standard InChI is InChI=1S/C32H31BrF2N6O3/c1-17(2)40-9-7-20(8-10-40)43-28-13-19-12-26(39-25(19)14-22(28)33)30(42)21-15-38-41(32(21)36)27-16-37-29(11-18(27)3)44-31-23(34)5-4-6-24(31)35/h4-6,11-17,20,39H,7-10,36H2,1-3H3. The number of hydrogen-bond acceptors (Lipinski definition) is 7. The first-order valence-corrected chi connectivity index (χ1v) is 15.1. The molecule has 0 radical (unpaired) electrons. The lowest BCUT2D eigenvalue weighted by Gasteiger charge is -2.34. The van der Waals surface area contributed by atoms with Gasteiger partial charge in [-0.15, -0.1) is 0 Å². The summed E-state index contributed by atoms with van der Waals surface area (Å²) in [5.41, 5.74) is 8.81. The summed E-state index contributed by atoms with van der Waals surface area (Å²) < 4.78 is 41.9. The maximum atomic E-state index is 14.0. The lowest BCUT2D eigenvalue weighted by molar-refractivity contribution is 0.0839. The molecule has 3 N–H and O–H groups in total. The van der Waals surface area contributed by atoms with Crippen molar-refractivity contribution in [3.8, 4) is 23.1 Å². The number of fused-ring (bicyclic) bond motifs is 1. The van der Waals surface area contributed by atoms with Crippen molar-refractivity contribution in [2.45, 2.75) is 45.8 Å². The van der Waals surface area contributed by atoms with Gasteiger partial charge in [-0.3, -0.25) is 4.79 Å². The van der Waals surface area contributed by atoms with Gasteiger partial charge in [0.2, 0.25) is 17.4 Å². The molecule has 1 aliphatic rings. The minimum atomic E-state index is -0.844. The number of carbonyl (C=O) groups excluding carboxylic acids is 1. The highest BCUT2D eigenvalue weighted by Crippen LogP contribution is 2.34. The van der Waals surface area contributed by atoms with Crippen molar-refractivity contribution in [1.29, 1.82) is 0 Å². The van der Waals surface area contributed by atoms with E-state index in [9.17, 15) is 13.6 Å². The molecule has 0 saturated carbocycles. The van der Waals surface area contributed by atoms with Gasteiger partial charge < -0.3 is 25.1 Å². The van der Waals surface area contributed by atoms with E-state index in [1.165, 1.54) is 29.2 Å². The Bertz CT molecular complexity index is 1840. The molecule has 0 amide bonds. The fourth-order valence-corrected chi connectivity index (χ4v) is 5.83. The number of aromatic nitrogens is 4. The number of nitrogen functional groups attached to an aromatic ring is 1. The van der Waals surface area contributed by atoms with Crippen molar-refractivity contribution >= 4 is 38.4 Å². The normalized spacial score (nSPS) is 14.4. The second-order valence-corrected chi connectivity index (χ2v) is 12.0. The summed E-state index contributed by atoms with van der Waals surface area (Å²) in [6, 6.07) is 11.1. The van der Waals surface area contributed by atoms with E-state index in [1.54, 1.807) is 13.0 Å². The summed E-state index contributed by atoms with van der Waals surface area (Å²) in [6.45, 7) is 8.17. The number of aryl methyl sites for hydroxylation is 1. The van der Waals surface area contributed by atoms with Crippen LogP contribution in [0.5, 0.6) is 17.4 Å². The molecule has 0 spiro atoms. The van der Waals surface area contributed by atoms with E-state index in [0.29, 0.717) is 23.0 Å². The fraction of sp³-hybridized carbons (Fsp3) is 0.281. The Labute approximate surface area is 261 Å². The topological polar surface area (TPSA) is 111 Å². The molecule has 0 bridgehead atoms. The van der Waals surface area contributed by atoms with Crippen LogP contribution in [0.1, 0.15) is 48.3 Å². The number of carbonyl (C=O) groups is 1. The van der Waals surface area contributed by atoms with Crippen LogP contribution in [0.2, 0.25) is 0 Å². The third-order valence-corrected chi connectivity index (χ3v) is 8.50. The predicted octanol–water partition coefficient (Wildman–Crippen LogP) is 6.95. The van der Waals surface area contributed by atoms with E-state index >= 15 is 0 Å². The van der Waals surface area contributed by atoms with Crippen LogP contribution in [0.25, 0.3) is 16.6 Å². The summed E-state index contributed by atoms with van der Waals surface area (Å²) in [6.07, 6.45) is 4.85. The number of aromatic amines is 1. The number of nitrogens with zero attached hydrogens (tertiary/aromatic N) is 4. The monoisotopic (exact) mass is 664 g/mol. The van der Waals surface area contributed by atoms with Crippen LogP contribution in [0.4, 0.5) is 14.6 Å². The number of hydrogen-bond donors (Lipinski definition) is 2. The van der Waals surface area contributed by atoms with Gasteiger partial charge in [0, 0.05) is 36.1 Å².